The minimum Gasteiger partial charge on any atom is -0.337 e. The van der Waals surface area contributed by atoms with Crippen molar-refractivity contribution >= 4 is 11.6 Å². The monoisotopic (exact) mass is 367 g/mol. The maximum absolute atomic E-state index is 13.4. The van der Waals surface area contributed by atoms with Gasteiger partial charge in [-0.25, -0.2) is 8.78 Å². The molecule has 0 spiro atoms. The molecular weight excluding hydrogens is 346 g/mol. The maximum Gasteiger partial charge on any atom is 0.255 e. The zero-order valence-corrected chi connectivity index (χ0v) is 15.0. The molecule has 138 valence electrons. The predicted molar refractivity (Wildman–Crippen MR) is 101 cm³/mol. The van der Waals surface area contributed by atoms with Gasteiger partial charge in [0, 0.05) is 22.4 Å². The van der Waals surface area contributed by atoms with Gasteiger partial charge in [-0.3, -0.25) is 4.79 Å². The molecule has 1 amide bonds. The normalized spacial score (nSPS) is 11.8. The zero-order chi connectivity index (χ0) is 19.2. The summed E-state index contributed by atoms with van der Waals surface area (Å²) in [5.74, 6) is -1.83. The summed E-state index contributed by atoms with van der Waals surface area (Å²) >= 11 is 0. The molecule has 5 heteroatoms. The minimum absolute atomic E-state index is 0.0128. The van der Waals surface area contributed by atoms with Crippen molar-refractivity contribution in [3.05, 3.63) is 101 Å². The molecule has 0 bridgehead atoms. The molecule has 0 aromatic heterocycles. The van der Waals surface area contributed by atoms with Crippen LogP contribution < -0.4 is 10.6 Å². The van der Waals surface area contributed by atoms with Gasteiger partial charge in [-0.1, -0.05) is 30.3 Å². The van der Waals surface area contributed by atoms with Crippen LogP contribution in [0, 0.1) is 11.6 Å². The third-order valence-corrected chi connectivity index (χ3v) is 4.42. The fourth-order valence-electron chi connectivity index (χ4n) is 2.76. The predicted octanol–water partition coefficient (Wildman–Crippen LogP) is 4.04. The molecule has 3 aromatic rings. The lowest BCUT2D eigenvalue weighted by atomic mass is 10.1. The molecule has 0 fully saturated rings. The van der Waals surface area contributed by atoms with E-state index in [4.69, 9.17) is 0 Å². The molecule has 1 atom stereocenters. The summed E-state index contributed by atoms with van der Waals surface area (Å²) in [5, 5.41) is 4.88. The summed E-state index contributed by atoms with van der Waals surface area (Å²) in [4.78, 5) is 12.3. The third-order valence-electron chi connectivity index (χ3n) is 4.42. The number of nitrogens with two attached hydrogens (primary N) is 1. The van der Waals surface area contributed by atoms with Gasteiger partial charge in [0.1, 0.15) is 12.6 Å². The van der Waals surface area contributed by atoms with Crippen LogP contribution in [0.4, 0.5) is 14.5 Å². The largest absolute Gasteiger partial charge is 0.337 e. The van der Waals surface area contributed by atoms with Crippen LogP contribution in [0.5, 0.6) is 0 Å². The molecule has 0 aliphatic heterocycles. The van der Waals surface area contributed by atoms with Crippen molar-refractivity contribution < 1.29 is 18.9 Å². The highest BCUT2D eigenvalue weighted by molar-refractivity contribution is 6.04. The highest BCUT2D eigenvalue weighted by Crippen LogP contribution is 2.14. The average molecular weight is 367 g/mol. The first-order valence-corrected chi connectivity index (χ1v) is 8.76. The number of carbonyl (C=O) groups excluding carboxylic acids is 1. The van der Waals surface area contributed by atoms with E-state index in [1.165, 1.54) is 6.07 Å². The SMILES string of the molecule is C[C@@H]([NH2+]Cc1ccc(C(=O)Nc2ccccc2)cc1)c1ccc(F)c(F)c1. The first-order chi connectivity index (χ1) is 13.0. The van der Waals surface area contributed by atoms with E-state index in [1.807, 2.05) is 54.7 Å². The molecule has 3 nitrogen and oxygen atoms in total. The Kier molecular flexibility index (Phi) is 5.94. The van der Waals surface area contributed by atoms with E-state index in [1.54, 1.807) is 18.2 Å². The number of rotatable bonds is 6. The minimum atomic E-state index is -0.838. The smallest absolute Gasteiger partial charge is 0.255 e. The first-order valence-electron chi connectivity index (χ1n) is 8.76. The van der Waals surface area contributed by atoms with Gasteiger partial charge >= 0.3 is 0 Å². The Morgan fingerprint density at radius 2 is 1.67 bits per heavy atom. The maximum atomic E-state index is 13.4. The van der Waals surface area contributed by atoms with Crippen molar-refractivity contribution in [3.8, 4) is 0 Å². The summed E-state index contributed by atoms with van der Waals surface area (Å²) in [6, 6.07) is 20.6. The Bertz CT molecular complexity index is 911. The lowest BCUT2D eigenvalue weighted by Gasteiger charge is -2.12. The average Bonchev–Trinajstić information content (AvgIpc) is 2.69. The van der Waals surface area contributed by atoms with Gasteiger partial charge in [-0.05, 0) is 49.4 Å². The topological polar surface area (TPSA) is 45.7 Å². The second-order valence-corrected chi connectivity index (χ2v) is 6.42. The fourth-order valence-corrected chi connectivity index (χ4v) is 2.76. The van der Waals surface area contributed by atoms with E-state index in [0.717, 1.165) is 22.9 Å². The number of quaternary nitrogens is 1. The Balaban J connectivity index is 1.57. The second kappa shape index (κ2) is 8.56. The Morgan fingerprint density at radius 1 is 0.963 bits per heavy atom. The summed E-state index contributed by atoms with van der Waals surface area (Å²) in [5.41, 5.74) is 3.10. The van der Waals surface area contributed by atoms with Crippen molar-refractivity contribution in [2.24, 2.45) is 0 Å². The van der Waals surface area contributed by atoms with Crippen LogP contribution in [0.1, 0.15) is 34.5 Å². The van der Waals surface area contributed by atoms with Gasteiger partial charge in [0.25, 0.3) is 5.91 Å². The Morgan fingerprint density at radius 3 is 2.33 bits per heavy atom. The molecule has 27 heavy (non-hydrogen) atoms. The number of amides is 1. The molecule has 3 N–H and O–H groups in total. The summed E-state index contributed by atoms with van der Waals surface area (Å²) in [6.45, 7) is 2.61. The molecule has 3 aromatic carbocycles. The summed E-state index contributed by atoms with van der Waals surface area (Å²) in [6.07, 6.45) is 0. The number of anilines is 1. The van der Waals surface area contributed by atoms with Gasteiger partial charge in [-0.15, -0.1) is 0 Å². The van der Waals surface area contributed by atoms with Gasteiger partial charge in [-0.2, -0.15) is 0 Å². The van der Waals surface area contributed by atoms with Crippen LogP contribution in [0.3, 0.4) is 0 Å². The molecule has 0 saturated carbocycles. The van der Waals surface area contributed by atoms with Gasteiger partial charge in [0.15, 0.2) is 11.6 Å². The number of carbonyl (C=O) groups is 1. The van der Waals surface area contributed by atoms with E-state index in [-0.39, 0.29) is 11.9 Å². The van der Waals surface area contributed by atoms with Crippen molar-refractivity contribution in [2.45, 2.75) is 19.5 Å². The molecule has 0 aliphatic carbocycles. The summed E-state index contributed by atoms with van der Waals surface area (Å²) in [7, 11) is 0. The van der Waals surface area contributed by atoms with Crippen LogP contribution in [-0.4, -0.2) is 5.91 Å². The van der Waals surface area contributed by atoms with Crippen LogP contribution in [0.15, 0.2) is 72.8 Å². The van der Waals surface area contributed by atoms with Crippen molar-refractivity contribution in [1.82, 2.24) is 0 Å². The zero-order valence-electron chi connectivity index (χ0n) is 15.0. The van der Waals surface area contributed by atoms with Crippen LogP contribution in [0.25, 0.3) is 0 Å². The molecule has 0 radical (unpaired) electrons. The van der Waals surface area contributed by atoms with E-state index < -0.39 is 11.6 Å². The van der Waals surface area contributed by atoms with E-state index in [0.29, 0.717) is 12.1 Å². The van der Waals surface area contributed by atoms with Gasteiger partial charge in [0.2, 0.25) is 0 Å². The molecule has 3 rings (SSSR count). The standard InChI is InChI=1S/C22H20F2N2O/c1-15(18-11-12-20(23)21(24)13-18)25-14-16-7-9-17(10-8-16)22(27)26-19-5-3-2-4-6-19/h2-13,15,25H,14H2,1H3,(H,26,27)/p+1/t15-/m1/s1. The van der Waals surface area contributed by atoms with Gasteiger partial charge < -0.3 is 10.6 Å². The quantitative estimate of drug-likeness (QED) is 0.679. The highest BCUT2D eigenvalue weighted by atomic mass is 19.2. The van der Waals surface area contributed by atoms with Crippen LogP contribution in [-0.2, 0) is 6.54 Å². The second-order valence-electron chi connectivity index (χ2n) is 6.42. The van der Waals surface area contributed by atoms with Crippen LogP contribution in [0.2, 0.25) is 0 Å². The van der Waals surface area contributed by atoms with E-state index in [2.05, 4.69) is 5.32 Å². The molecule has 0 heterocycles. The number of benzene rings is 3. The highest BCUT2D eigenvalue weighted by Gasteiger charge is 2.12. The Hall–Kier alpha value is -3.05. The fraction of sp³-hybridized carbons (Fsp3) is 0.136. The number of para-hydroxylation sites is 1. The molecule has 0 unspecified atom stereocenters. The summed E-state index contributed by atoms with van der Waals surface area (Å²) < 4.78 is 26.4. The lowest BCUT2D eigenvalue weighted by molar-refractivity contribution is -0.708. The molecule has 0 aliphatic rings. The number of nitrogens with one attached hydrogen (secondary N) is 1. The lowest BCUT2D eigenvalue weighted by Crippen LogP contribution is -2.83. The van der Waals surface area contributed by atoms with Crippen LogP contribution >= 0.6 is 0 Å². The van der Waals surface area contributed by atoms with Gasteiger partial charge in [0.05, 0.1) is 0 Å². The third kappa shape index (κ3) is 4.99. The van der Waals surface area contributed by atoms with Crippen molar-refractivity contribution in [2.75, 3.05) is 5.32 Å². The number of halogens is 2. The Labute approximate surface area is 157 Å². The van der Waals surface area contributed by atoms with Crippen molar-refractivity contribution in [3.63, 3.8) is 0 Å². The number of hydrogen-bond acceptors (Lipinski definition) is 1. The molecule has 0 saturated heterocycles. The molecular formula is C22H21F2N2O+. The first kappa shape index (κ1) is 18.7. The van der Waals surface area contributed by atoms with Crippen molar-refractivity contribution in [1.29, 1.82) is 0 Å². The van der Waals surface area contributed by atoms with E-state index >= 15 is 0 Å². The van der Waals surface area contributed by atoms with E-state index in [9.17, 15) is 13.6 Å². The number of hydrogen-bond donors (Lipinski definition) is 2.